The fourth-order valence-corrected chi connectivity index (χ4v) is 2.93. The number of alkyl halides is 1. The molecule has 0 aromatic heterocycles. The van der Waals surface area contributed by atoms with Crippen LogP contribution < -0.4 is 4.74 Å². The Kier molecular flexibility index (Phi) is 4.41. The van der Waals surface area contributed by atoms with E-state index in [1.165, 1.54) is 0 Å². The van der Waals surface area contributed by atoms with Gasteiger partial charge in [0.05, 0.1) is 12.7 Å². The number of aryl methyl sites for hydroxylation is 2. The predicted octanol–water partition coefficient (Wildman–Crippen LogP) is 3.71. The van der Waals surface area contributed by atoms with Crippen LogP contribution in [0.4, 0.5) is 0 Å². The quantitative estimate of drug-likeness (QED) is 0.859. The molecule has 4 heteroatoms. The molecule has 1 N–H and O–H groups in total. The van der Waals surface area contributed by atoms with Crippen molar-refractivity contribution in [2.75, 3.05) is 6.61 Å². The number of hydrogen-bond donors (Lipinski definition) is 1. The molecule has 1 aromatic carbocycles. The Morgan fingerprint density at radius 3 is 2.39 bits per heavy atom. The number of halogens is 2. The molecule has 0 saturated heterocycles. The molecule has 0 unspecified atom stereocenters. The van der Waals surface area contributed by atoms with Gasteiger partial charge in [-0.15, -0.1) is 11.6 Å². The third-order valence-corrected chi connectivity index (χ3v) is 4.43. The highest BCUT2D eigenvalue weighted by Gasteiger charge is 2.32. The van der Waals surface area contributed by atoms with Gasteiger partial charge in [0.15, 0.2) is 0 Å². The minimum Gasteiger partial charge on any atom is -0.493 e. The second-order valence-electron chi connectivity index (χ2n) is 5.08. The topological polar surface area (TPSA) is 29.5 Å². The third-order valence-electron chi connectivity index (χ3n) is 3.47. The Morgan fingerprint density at radius 2 is 1.89 bits per heavy atom. The van der Waals surface area contributed by atoms with Crippen molar-refractivity contribution in [1.29, 1.82) is 0 Å². The molecule has 0 aliphatic heterocycles. The number of ether oxygens (including phenoxy) is 1. The van der Waals surface area contributed by atoms with E-state index in [4.69, 9.17) is 27.9 Å². The van der Waals surface area contributed by atoms with Gasteiger partial charge in [0.25, 0.3) is 0 Å². The first-order chi connectivity index (χ1) is 8.47. The second-order valence-corrected chi connectivity index (χ2v) is 6.07. The minimum atomic E-state index is -0.345. The molecule has 0 amide bonds. The maximum Gasteiger partial charge on any atom is 0.119 e. The maximum atomic E-state index is 9.81. The fourth-order valence-electron chi connectivity index (χ4n) is 2.41. The normalized spacial score (nSPS) is 27.5. The van der Waals surface area contributed by atoms with E-state index < -0.39 is 0 Å². The SMILES string of the molecule is Cc1cc(OC[C@@H]2C[C@H](Cl)C[C@H]2O)cc(C)c1Cl. The van der Waals surface area contributed by atoms with Crippen LogP contribution in [-0.2, 0) is 0 Å². The number of aliphatic hydroxyl groups excluding tert-OH is 1. The van der Waals surface area contributed by atoms with Crippen LogP contribution in [-0.4, -0.2) is 23.2 Å². The van der Waals surface area contributed by atoms with Crippen LogP contribution in [0.15, 0.2) is 12.1 Å². The molecule has 18 heavy (non-hydrogen) atoms. The first-order valence-corrected chi connectivity index (χ1v) is 7.00. The summed E-state index contributed by atoms with van der Waals surface area (Å²) in [6.45, 7) is 4.42. The highest BCUT2D eigenvalue weighted by atomic mass is 35.5. The highest BCUT2D eigenvalue weighted by Crippen LogP contribution is 2.31. The molecule has 1 aliphatic carbocycles. The lowest BCUT2D eigenvalue weighted by atomic mass is 10.1. The molecule has 0 heterocycles. The number of aliphatic hydroxyl groups is 1. The van der Waals surface area contributed by atoms with Crippen LogP contribution in [0.5, 0.6) is 5.75 Å². The van der Waals surface area contributed by atoms with Crippen molar-refractivity contribution in [2.24, 2.45) is 5.92 Å². The number of hydrogen-bond acceptors (Lipinski definition) is 2. The summed E-state index contributed by atoms with van der Waals surface area (Å²) in [6.07, 6.45) is 1.13. The molecule has 0 spiro atoms. The molecule has 3 atom stereocenters. The van der Waals surface area contributed by atoms with Gasteiger partial charge in [0.1, 0.15) is 5.75 Å². The molecule has 1 aliphatic rings. The Balaban J connectivity index is 1.98. The van der Waals surface area contributed by atoms with Gasteiger partial charge in [-0.1, -0.05) is 11.6 Å². The second kappa shape index (κ2) is 5.68. The van der Waals surface area contributed by atoms with E-state index in [1.807, 2.05) is 26.0 Å². The van der Waals surface area contributed by atoms with Gasteiger partial charge in [-0.25, -0.2) is 0 Å². The smallest absolute Gasteiger partial charge is 0.119 e. The van der Waals surface area contributed by atoms with E-state index in [2.05, 4.69) is 0 Å². The van der Waals surface area contributed by atoms with Gasteiger partial charge in [-0.3, -0.25) is 0 Å². The summed E-state index contributed by atoms with van der Waals surface area (Å²) < 4.78 is 5.75. The molecule has 1 fully saturated rings. The summed E-state index contributed by atoms with van der Waals surface area (Å²) >= 11 is 12.1. The van der Waals surface area contributed by atoms with Gasteiger partial charge in [-0.2, -0.15) is 0 Å². The van der Waals surface area contributed by atoms with Crippen LogP contribution in [0.1, 0.15) is 24.0 Å². The zero-order valence-corrected chi connectivity index (χ0v) is 12.1. The van der Waals surface area contributed by atoms with Crippen molar-refractivity contribution >= 4 is 23.2 Å². The Morgan fingerprint density at radius 1 is 1.28 bits per heavy atom. The predicted molar refractivity (Wildman–Crippen MR) is 74.8 cm³/mol. The van der Waals surface area contributed by atoms with E-state index in [0.717, 1.165) is 28.3 Å². The lowest BCUT2D eigenvalue weighted by Crippen LogP contribution is -2.20. The van der Waals surface area contributed by atoms with Gasteiger partial charge in [0, 0.05) is 16.3 Å². The lowest BCUT2D eigenvalue weighted by Gasteiger charge is -2.16. The molecular formula is C14H18Cl2O2. The van der Waals surface area contributed by atoms with E-state index >= 15 is 0 Å². The molecule has 100 valence electrons. The first kappa shape index (κ1) is 14.0. The van der Waals surface area contributed by atoms with Gasteiger partial charge in [-0.05, 0) is 49.9 Å². The number of benzene rings is 1. The van der Waals surface area contributed by atoms with Crippen LogP contribution >= 0.6 is 23.2 Å². The van der Waals surface area contributed by atoms with Gasteiger partial charge in [0.2, 0.25) is 0 Å². The Labute approximate surface area is 118 Å². The van der Waals surface area contributed by atoms with E-state index in [9.17, 15) is 5.11 Å². The van der Waals surface area contributed by atoms with Crippen LogP contribution in [0.3, 0.4) is 0 Å². The summed E-state index contributed by atoms with van der Waals surface area (Å²) in [4.78, 5) is 0. The van der Waals surface area contributed by atoms with Crippen LogP contribution in [0, 0.1) is 19.8 Å². The van der Waals surface area contributed by atoms with Crippen molar-refractivity contribution in [3.63, 3.8) is 0 Å². The third kappa shape index (κ3) is 3.11. The first-order valence-electron chi connectivity index (χ1n) is 6.19. The zero-order valence-electron chi connectivity index (χ0n) is 10.6. The van der Waals surface area contributed by atoms with Crippen molar-refractivity contribution in [3.05, 3.63) is 28.3 Å². The standard InChI is InChI=1S/C14H18Cl2O2/c1-8-3-12(4-9(2)14(8)16)18-7-10-5-11(15)6-13(10)17/h3-4,10-11,13,17H,5-7H2,1-2H3/t10-,11-,13+/m0/s1. The average molecular weight is 289 g/mol. The largest absolute Gasteiger partial charge is 0.493 e. The van der Waals surface area contributed by atoms with Crippen molar-refractivity contribution in [3.8, 4) is 5.75 Å². The Bertz CT molecular complexity index is 411. The van der Waals surface area contributed by atoms with E-state index in [0.29, 0.717) is 13.0 Å². The highest BCUT2D eigenvalue weighted by molar-refractivity contribution is 6.32. The average Bonchev–Trinajstić information content (AvgIpc) is 2.62. The fraction of sp³-hybridized carbons (Fsp3) is 0.571. The van der Waals surface area contributed by atoms with Gasteiger partial charge < -0.3 is 9.84 Å². The summed E-state index contributed by atoms with van der Waals surface area (Å²) in [5, 5.41) is 10.7. The lowest BCUT2D eigenvalue weighted by molar-refractivity contribution is 0.0986. The van der Waals surface area contributed by atoms with E-state index in [1.54, 1.807) is 0 Å². The molecule has 0 radical (unpaired) electrons. The monoisotopic (exact) mass is 288 g/mol. The molecule has 1 aromatic rings. The molecule has 2 rings (SSSR count). The Hall–Kier alpha value is -0.440. The van der Waals surface area contributed by atoms with Gasteiger partial charge >= 0.3 is 0 Å². The van der Waals surface area contributed by atoms with E-state index in [-0.39, 0.29) is 17.4 Å². The molecule has 2 nitrogen and oxygen atoms in total. The summed E-state index contributed by atoms with van der Waals surface area (Å²) in [7, 11) is 0. The van der Waals surface area contributed by atoms with Crippen LogP contribution in [0.2, 0.25) is 5.02 Å². The number of rotatable bonds is 3. The molecule has 0 bridgehead atoms. The summed E-state index contributed by atoms with van der Waals surface area (Å²) in [5.74, 6) is 0.934. The summed E-state index contributed by atoms with van der Waals surface area (Å²) in [6, 6.07) is 3.85. The van der Waals surface area contributed by atoms with Crippen molar-refractivity contribution in [1.82, 2.24) is 0 Å². The van der Waals surface area contributed by atoms with Crippen LogP contribution in [0.25, 0.3) is 0 Å². The summed E-state index contributed by atoms with van der Waals surface area (Å²) in [5.41, 5.74) is 2.02. The van der Waals surface area contributed by atoms with Crippen molar-refractivity contribution < 1.29 is 9.84 Å². The molecule has 1 saturated carbocycles. The maximum absolute atomic E-state index is 9.81. The molecular weight excluding hydrogens is 271 g/mol. The minimum absolute atomic E-state index is 0.0716. The van der Waals surface area contributed by atoms with Crippen molar-refractivity contribution in [2.45, 2.75) is 38.2 Å². The zero-order chi connectivity index (χ0) is 13.3.